The molecule has 0 aromatic carbocycles. The van der Waals surface area contributed by atoms with Gasteiger partial charge in [-0.05, 0) is 13.8 Å². The zero-order valence-electron chi connectivity index (χ0n) is 12.8. The topological polar surface area (TPSA) is 43.2 Å². The van der Waals surface area contributed by atoms with Crippen molar-refractivity contribution in [1.29, 1.82) is 0 Å². The molecule has 0 radical (unpaired) electrons. The van der Waals surface area contributed by atoms with Crippen LogP contribution in [0.3, 0.4) is 0 Å². The molecule has 0 aromatic rings. The predicted octanol–water partition coefficient (Wildman–Crippen LogP) is 3.01. The van der Waals surface area contributed by atoms with Crippen molar-refractivity contribution in [1.82, 2.24) is 0 Å². The summed E-state index contributed by atoms with van der Waals surface area (Å²) >= 11 is 0. The summed E-state index contributed by atoms with van der Waals surface area (Å²) in [6, 6.07) is 0.184. The van der Waals surface area contributed by atoms with Crippen molar-refractivity contribution in [3.63, 3.8) is 0 Å². The van der Waals surface area contributed by atoms with Crippen molar-refractivity contribution < 1.29 is 9.47 Å². The molecule has 2 rings (SSSR count). The highest BCUT2D eigenvalue weighted by Gasteiger charge is 2.32. The van der Waals surface area contributed by atoms with Crippen molar-refractivity contribution in [2.24, 2.45) is 21.8 Å². The van der Waals surface area contributed by atoms with E-state index in [-0.39, 0.29) is 23.9 Å². The highest BCUT2D eigenvalue weighted by molar-refractivity contribution is 5.89. The highest BCUT2D eigenvalue weighted by Crippen LogP contribution is 2.25. The third-order valence-corrected chi connectivity index (χ3v) is 4.01. The Labute approximate surface area is 121 Å². The van der Waals surface area contributed by atoms with Crippen molar-refractivity contribution in [3.8, 4) is 0 Å². The molecule has 0 N–H and O–H groups in total. The molecule has 0 bridgehead atoms. The van der Waals surface area contributed by atoms with E-state index in [1.165, 1.54) is 0 Å². The van der Waals surface area contributed by atoms with Crippen molar-refractivity contribution in [3.05, 3.63) is 24.3 Å². The molecule has 0 amide bonds. The van der Waals surface area contributed by atoms with Crippen LogP contribution in [-0.4, -0.2) is 37.1 Å². The predicted molar refractivity (Wildman–Crippen MR) is 82.3 cm³/mol. The molecular weight excluding hydrogens is 252 g/mol. The second-order valence-corrected chi connectivity index (χ2v) is 5.86. The lowest BCUT2D eigenvalue weighted by molar-refractivity contribution is 0.280. The minimum absolute atomic E-state index is 0.0919. The van der Waals surface area contributed by atoms with Crippen molar-refractivity contribution >= 4 is 11.8 Å². The number of nitrogens with zero attached hydrogens (tertiary/aromatic N) is 2. The SMILES string of the molecule is C=C(C)[C@@H]1COC([C@H](C)[C@H](C)C2=N[C@@H](C(=C)C)CO2)=N1. The molecule has 0 unspecified atom stereocenters. The Balaban J connectivity index is 2.05. The fourth-order valence-electron chi connectivity index (χ4n) is 2.22. The lowest BCUT2D eigenvalue weighted by Crippen LogP contribution is -2.26. The quantitative estimate of drug-likeness (QED) is 0.724. The van der Waals surface area contributed by atoms with Crippen molar-refractivity contribution in [2.45, 2.75) is 39.8 Å². The second-order valence-electron chi connectivity index (χ2n) is 5.86. The Morgan fingerprint density at radius 3 is 1.55 bits per heavy atom. The summed E-state index contributed by atoms with van der Waals surface area (Å²) in [4.78, 5) is 9.20. The van der Waals surface area contributed by atoms with E-state index < -0.39 is 0 Å². The van der Waals surface area contributed by atoms with Crippen molar-refractivity contribution in [2.75, 3.05) is 13.2 Å². The van der Waals surface area contributed by atoms with E-state index >= 15 is 0 Å². The van der Waals surface area contributed by atoms with Crippen LogP contribution in [0.25, 0.3) is 0 Å². The Morgan fingerprint density at radius 1 is 0.950 bits per heavy atom. The van der Waals surface area contributed by atoms with E-state index in [0.29, 0.717) is 13.2 Å². The van der Waals surface area contributed by atoms with Crippen LogP contribution in [0.5, 0.6) is 0 Å². The lowest BCUT2D eigenvalue weighted by atomic mass is 9.95. The molecule has 0 saturated heterocycles. The number of aliphatic imine (C=N–C) groups is 2. The average Bonchev–Trinajstić information content (AvgIpc) is 3.05. The molecule has 4 nitrogen and oxygen atoms in total. The molecule has 2 aliphatic rings. The van der Waals surface area contributed by atoms with Crippen LogP contribution in [0, 0.1) is 11.8 Å². The number of hydrogen-bond donors (Lipinski definition) is 0. The average molecular weight is 276 g/mol. The number of rotatable bonds is 5. The summed E-state index contributed by atoms with van der Waals surface area (Å²) in [5.41, 5.74) is 2.08. The molecule has 0 spiro atoms. The third kappa shape index (κ3) is 2.94. The maximum atomic E-state index is 5.70. The summed E-state index contributed by atoms with van der Waals surface area (Å²) in [6.45, 7) is 17.2. The molecular formula is C16H24N2O2. The second kappa shape index (κ2) is 5.81. The smallest absolute Gasteiger partial charge is 0.187 e. The van der Waals surface area contributed by atoms with Crippen LogP contribution in [0.1, 0.15) is 27.7 Å². The van der Waals surface area contributed by atoms with Crippen LogP contribution in [0.4, 0.5) is 0 Å². The summed E-state index contributed by atoms with van der Waals surface area (Å²) in [6.07, 6.45) is 0. The standard InChI is InChI=1S/C16H24N2O2/c1-9(2)13-7-19-15(17-13)11(5)12(6)16-18-14(8-20-16)10(3)4/h11-14H,1,3,7-8H2,2,4-6H3/t11-,12+,13+,14-. The number of ether oxygens (including phenoxy) is 2. The minimum Gasteiger partial charge on any atom is -0.478 e. The number of hydrogen-bond acceptors (Lipinski definition) is 4. The Kier molecular flexibility index (Phi) is 4.31. The molecule has 2 aliphatic heterocycles. The maximum absolute atomic E-state index is 5.70. The molecule has 0 saturated carbocycles. The van der Waals surface area contributed by atoms with Gasteiger partial charge in [0.15, 0.2) is 11.8 Å². The molecule has 110 valence electrons. The Bertz CT molecular complexity index is 435. The minimum atomic E-state index is 0.0919. The Hall–Kier alpha value is -1.58. The molecule has 2 heterocycles. The lowest BCUT2D eigenvalue weighted by Gasteiger charge is -2.18. The zero-order chi connectivity index (χ0) is 14.9. The van der Waals surface area contributed by atoms with Crippen LogP contribution in [-0.2, 0) is 9.47 Å². The van der Waals surface area contributed by atoms with Gasteiger partial charge in [0.25, 0.3) is 0 Å². The normalized spacial score (nSPS) is 28.0. The van der Waals surface area contributed by atoms with Gasteiger partial charge in [0.2, 0.25) is 0 Å². The van der Waals surface area contributed by atoms with Gasteiger partial charge in [0.05, 0.1) is 0 Å². The first-order valence-electron chi connectivity index (χ1n) is 7.12. The highest BCUT2D eigenvalue weighted by atomic mass is 16.5. The summed E-state index contributed by atoms with van der Waals surface area (Å²) in [5.74, 6) is 1.88. The van der Waals surface area contributed by atoms with Gasteiger partial charge in [-0.1, -0.05) is 38.2 Å². The van der Waals surface area contributed by atoms with E-state index in [2.05, 4.69) is 37.0 Å². The first-order valence-corrected chi connectivity index (χ1v) is 7.12. The fourth-order valence-corrected chi connectivity index (χ4v) is 2.22. The van der Waals surface area contributed by atoms with E-state index in [1.54, 1.807) is 0 Å². The summed E-state index contributed by atoms with van der Waals surface area (Å²) < 4.78 is 11.4. The molecule has 4 atom stereocenters. The summed E-state index contributed by atoms with van der Waals surface area (Å²) in [7, 11) is 0. The van der Waals surface area contributed by atoms with Gasteiger partial charge in [-0.3, -0.25) is 0 Å². The van der Waals surface area contributed by atoms with Gasteiger partial charge in [0, 0.05) is 11.8 Å². The molecule has 20 heavy (non-hydrogen) atoms. The van der Waals surface area contributed by atoms with Crippen LogP contribution in [0.15, 0.2) is 34.3 Å². The van der Waals surface area contributed by atoms with Gasteiger partial charge in [-0.25, -0.2) is 9.98 Å². The maximum Gasteiger partial charge on any atom is 0.187 e. The monoisotopic (exact) mass is 276 g/mol. The van der Waals surface area contributed by atoms with Gasteiger partial charge in [0.1, 0.15) is 25.3 Å². The van der Waals surface area contributed by atoms with Crippen LogP contribution in [0.2, 0.25) is 0 Å². The third-order valence-electron chi connectivity index (χ3n) is 4.01. The largest absolute Gasteiger partial charge is 0.478 e. The first-order chi connectivity index (χ1) is 9.40. The van der Waals surface area contributed by atoms with E-state index in [1.807, 2.05) is 13.8 Å². The Morgan fingerprint density at radius 2 is 1.30 bits per heavy atom. The van der Waals surface area contributed by atoms with E-state index in [9.17, 15) is 0 Å². The molecule has 0 aromatic heterocycles. The fraction of sp³-hybridized carbons (Fsp3) is 0.625. The van der Waals surface area contributed by atoms with E-state index in [0.717, 1.165) is 22.9 Å². The van der Waals surface area contributed by atoms with Crippen LogP contribution < -0.4 is 0 Å². The van der Waals surface area contributed by atoms with E-state index in [4.69, 9.17) is 9.47 Å². The first kappa shape index (κ1) is 14.8. The molecule has 4 heteroatoms. The van der Waals surface area contributed by atoms with Gasteiger partial charge in [-0.2, -0.15) is 0 Å². The van der Waals surface area contributed by atoms with Gasteiger partial charge < -0.3 is 9.47 Å². The summed E-state index contributed by atoms with van der Waals surface area (Å²) in [5, 5.41) is 0. The molecule has 0 aliphatic carbocycles. The zero-order valence-corrected chi connectivity index (χ0v) is 12.8. The molecule has 0 fully saturated rings. The van der Waals surface area contributed by atoms with Crippen LogP contribution >= 0.6 is 0 Å². The van der Waals surface area contributed by atoms with Gasteiger partial charge in [-0.15, -0.1) is 0 Å². The van der Waals surface area contributed by atoms with Gasteiger partial charge >= 0.3 is 0 Å².